The molecule has 2 aliphatic rings. The Labute approximate surface area is 165 Å². The molecule has 0 bridgehead atoms. The molecule has 1 saturated heterocycles. The van der Waals surface area contributed by atoms with Crippen LogP contribution in [0.2, 0.25) is 0 Å². The Balaban J connectivity index is 2.07. The van der Waals surface area contributed by atoms with Crippen molar-refractivity contribution in [3.63, 3.8) is 0 Å². The third kappa shape index (κ3) is 4.20. The topological polar surface area (TPSA) is 56.3 Å². The lowest BCUT2D eigenvalue weighted by molar-refractivity contribution is -0.132. The molecule has 0 amide bonds. The highest BCUT2D eigenvalue weighted by molar-refractivity contribution is 5.92. The van der Waals surface area contributed by atoms with Crippen LogP contribution in [-0.4, -0.2) is 71.8 Å². The molecule has 1 unspecified atom stereocenters. The predicted octanol–water partition coefficient (Wildman–Crippen LogP) is 2.49. The van der Waals surface area contributed by atoms with Crippen LogP contribution in [0.5, 0.6) is 0 Å². The second-order valence-electron chi connectivity index (χ2n) is 7.19. The van der Waals surface area contributed by atoms with Gasteiger partial charge in [-0.2, -0.15) is 0 Å². The Hall–Kier alpha value is -2.38. The SMILES string of the molecule is CCN(C)C1=C(C(=O)O)C(C)=CC(N2CCOCC2)N1Cc1cccc(F)c1. The number of aliphatic carboxylic acids is 1. The molecule has 1 aromatic rings. The highest BCUT2D eigenvalue weighted by Crippen LogP contribution is 2.32. The molecule has 0 saturated carbocycles. The van der Waals surface area contributed by atoms with Crippen molar-refractivity contribution in [3.8, 4) is 0 Å². The van der Waals surface area contributed by atoms with E-state index >= 15 is 0 Å². The number of carboxylic acids is 1. The number of benzene rings is 1. The largest absolute Gasteiger partial charge is 0.478 e. The van der Waals surface area contributed by atoms with Gasteiger partial charge in [-0.15, -0.1) is 0 Å². The molecule has 0 radical (unpaired) electrons. The summed E-state index contributed by atoms with van der Waals surface area (Å²) >= 11 is 0. The zero-order valence-electron chi connectivity index (χ0n) is 16.7. The molecule has 7 heteroatoms. The fourth-order valence-electron chi connectivity index (χ4n) is 3.81. The van der Waals surface area contributed by atoms with Crippen LogP contribution in [0.1, 0.15) is 19.4 Å². The molecule has 2 aliphatic heterocycles. The van der Waals surface area contributed by atoms with Crippen LogP contribution in [0.4, 0.5) is 4.39 Å². The predicted molar refractivity (Wildman–Crippen MR) is 105 cm³/mol. The monoisotopic (exact) mass is 389 g/mol. The van der Waals surface area contributed by atoms with Crippen molar-refractivity contribution in [1.82, 2.24) is 14.7 Å². The number of carbonyl (C=O) groups is 1. The van der Waals surface area contributed by atoms with Gasteiger partial charge in [0.15, 0.2) is 0 Å². The fourth-order valence-corrected chi connectivity index (χ4v) is 3.81. The van der Waals surface area contributed by atoms with E-state index in [0.29, 0.717) is 37.7 Å². The van der Waals surface area contributed by atoms with Gasteiger partial charge in [-0.25, -0.2) is 9.18 Å². The summed E-state index contributed by atoms with van der Waals surface area (Å²) in [5, 5.41) is 9.90. The molecule has 3 rings (SSSR count). The normalized spacial score (nSPS) is 20.9. The molecule has 0 spiro atoms. The first kappa shape index (κ1) is 20.4. The second kappa shape index (κ2) is 8.75. The van der Waals surface area contributed by atoms with Crippen LogP contribution in [0.25, 0.3) is 0 Å². The molecule has 1 fully saturated rings. The molecular weight excluding hydrogens is 361 g/mol. The molecule has 0 aliphatic carbocycles. The van der Waals surface area contributed by atoms with E-state index in [1.54, 1.807) is 6.07 Å². The number of hydrogen-bond acceptors (Lipinski definition) is 5. The van der Waals surface area contributed by atoms with Crippen LogP contribution in [0, 0.1) is 5.82 Å². The summed E-state index contributed by atoms with van der Waals surface area (Å²) in [6, 6.07) is 6.48. The number of nitrogens with zero attached hydrogens (tertiary/aromatic N) is 3. The van der Waals surface area contributed by atoms with Crippen LogP contribution in [0.3, 0.4) is 0 Å². The highest BCUT2D eigenvalue weighted by Gasteiger charge is 2.36. The minimum absolute atomic E-state index is 0.112. The summed E-state index contributed by atoms with van der Waals surface area (Å²) in [4.78, 5) is 18.4. The van der Waals surface area contributed by atoms with E-state index in [4.69, 9.17) is 4.74 Å². The highest BCUT2D eigenvalue weighted by atomic mass is 19.1. The summed E-state index contributed by atoms with van der Waals surface area (Å²) in [5.41, 5.74) is 1.85. The summed E-state index contributed by atoms with van der Waals surface area (Å²) in [6.45, 7) is 7.73. The van der Waals surface area contributed by atoms with Crippen molar-refractivity contribution in [2.24, 2.45) is 0 Å². The van der Waals surface area contributed by atoms with E-state index in [1.807, 2.05) is 37.9 Å². The number of hydrogen-bond donors (Lipinski definition) is 1. The Morgan fingerprint density at radius 1 is 1.36 bits per heavy atom. The third-order valence-electron chi connectivity index (χ3n) is 5.32. The van der Waals surface area contributed by atoms with Gasteiger partial charge < -0.3 is 19.6 Å². The average molecular weight is 389 g/mol. The summed E-state index contributed by atoms with van der Waals surface area (Å²) in [6.07, 6.45) is 1.89. The van der Waals surface area contributed by atoms with Crippen LogP contribution in [-0.2, 0) is 16.1 Å². The average Bonchev–Trinajstić information content (AvgIpc) is 2.68. The van der Waals surface area contributed by atoms with Crippen molar-refractivity contribution in [1.29, 1.82) is 0 Å². The molecule has 2 heterocycles. The number of ether oxygens (including phenoxy) is 1. The second-order valence-corrected chi connectivity index (χ2v) is 7.19. The Bertz CT molecular complexity index is 787. The molecule has 1 atom stereocenters. The zero-order valence-corrected chi connectivity index (χ0v) is 16.7. The smallest absolute Gasteiger partial charge is 0.339 e. The van der Waals surface area contributed by atoms with Gasteiger partial charge in [0.2, 0.25) is 0 Å². The fraction of sp³-hybridized carbons (Fsp3) is 0.476. The van der Waals surface area contributed by atoms with Crippen molar-refractivity contribution in [3.05, 3.63) is 58.7 Å². The summed E-state index contributed by atoms with van der Waals surface area (Å²) < 4.78 is 19.3. The molecule has 1 aromatic carbocycles. The van der Waals surface area contributed by atoms with Crippen LogP contribution < -0.4 is 0 Å². The Morgan fingerprint density at radius 3 is 2.68 bits per heavy atom. The maximum atomic E-state index is 13.8. The molecule has 1 N–H and O–H groups in total. The lowest BCUT2D eigenvalue weighted by Gasteiger charge is -2.47. The first-order valence-electron chi connectivity index (χ1n) is 9.62. The lowest BCUT2D eigenvalue weighted by atomic mass is 9.99. The van der Waals surface area contributed by atoms with E-state index in [0.717, 1.165) is 24.2 Å². The van der Waals surface area contributed by atoms with E-state index in [-0.39, 0.29) is 12.0 Å². The molecule has 6 nitrogen and oxygen atoms in total. The quantitative estimate of drug-likeness (QED) is 0.807. The Morgan fingerprint density at radius 2 is 2.07 bits per heavy atom. The van der Waals surface area contributed by atoms with Gasteiger partial charge in [0, 0.05) is 33.2 Å². The van der Waals surface area contributed by atoms with E-state index in [1.165, 1.54) is 12.1 Å². The number of halogens is 1. The minimum Gasteiger partial charge on any atom is -0.478 e. The molecular formula is C21H28FN3O3. The number of rotatable bonds is 6. The van der Waals surface area contributed by atoms with Gasteiger partial charge >= 0.3 is 5.97 Å². The van der Waals surface area contributed by atoms with Crippen molar-refractivity contribution >= 4 is 5.97 Å². The van der Waals surface area contributed by atoms with Crippen LogP contribution >= 0.6 is 0 Å². The number of morpholine rings is 1. The first-order chi connectivity index (χ1) is 13.4. The van der Waals surface area contributed by atoms with E-state index in [9.17, 15) is 14.3 Å². The van der Waals surface area contributed by atoms with Gasteiger partial charge in [0.25, 0.3) is 0 Å². The van der Waals surface area contributed by atoms with Gasteiger partial charge in [-0.1, -0.05) is 12.1 Å². The minimum atomic E-state index is -0.950. The summed E-state index contributed by atoms with van der Waals surface area (Å²) in [5.74, 6) is -0.582. The summed E-state index contributed by atoms with van der Waals surface area (Å²) in [7, 11) is 1.89. The molecule has 0 aromatic heterocycles. The first-order valence-corrected chi connectivity index (χ1v) is 9.62. The third-order valence-corrected chi connectivity index (χ3v) is 5.32. The van der Waals surface area contributed by atoms with Crippen molar-refractivity contribution < 1.29 is 19.0 Å². The van der Waals surface area contributed by atoms with Crippen LogP contribution in [0.15, 0.2) is 47.3 Å². The Kier molecular flexibility index (Phi) is 6.36. The molecule has 152 valence electrons. The van der Waals surface area contributed by atoms with Gasteiger partial charge in [0.1, 0.15) is 23.4 Å². The van der Waals surface area contributed by atoms with Gasteiger partial charge in [0.05, 0.1) is 13.2 Å². The maximum absolute atomic E-state index is 13.8. The maximum Gasteiger partial charge on any atom is 0.339 e. The number of carboxylic acid groups (broad SMARTS) is 1. The van der Waals surface area contributed by atoms with Gasteiger partial charge in [-0.3, -0.25) is 4.90 Å². The van der Waals surface area contributed by atoms with E-state index < -0.39 is 5.97 Å². The van der Waals surface area contributed by atoms with Crippen molar-refractivity contribution in [2.45, 2.75) is 26.6 Å². The molecule has 28 heavy (non-hydrogen) atoms. The lowest BCUT2D eigenvalue weighted by Crippen LogP contribution is -2.54. The van der Waals surface area contributed by atoms with E-state index in [2.05, 4.69) is 9.80 Å². The zero-order chi connectivity index (χ0) is 20.3. The van der Waals surface area contributed by atoms with Gasteiger partial charge in [-0.05, 0) is 43.2 Å². The van der Waals surface area contributed by atoms with Crippen molar-refractivity contribution in [2.75, 3.05) is 39.9 Å². The standard InChI is InChI=1S/C21H28FN3O3/c1-4-23(3)20-19(21(26)27)15(2)12-18(24-8-10-28-11-9-24)25(20)14-16-6-5-7-17(22)13-16/h5-7,12-13,18H,4,8-11,14H2,1-3H3,(H,26,27).